The Kier molecular flexibility index (Phi) is 6.41. The minimum absolute atomic E-state index is 0.163. The van der Waals surface area contributed by atoms with Crippen LogP contribution >= 0.6 is 11.3 Å². The third-order valence-electron chi connectivity index (χ3n) is 5.82. The number of carbonyl (C=O) groups excluding carboxylic acids is 1. The number of hydrogen-bond acceptors (Lipinski definition) is 6. The molecule has 1 aliphatic heterocycles. The molecule has 9 heteroatoms. The zero-order valence-electron chi connectivity index (χ0n) is 19.3. The molecule has 4 aromatic rings. The van der Waals surface area contributed by atoms with E-state index < -0.39 is 10.0 Å². The molecule has 2 heterocycles. The molecule has 7 nitrogen and oxygen atoms in total. The molecule has 5 rings (SSSR count). The number of amides is 1. The van der Waals surface area contributed by atoms with Crippen LogP contribution in [0.25, 0.3) is 20.8 Å². The second-order valence-electron chi connectivity index (χ2n) is 8.62. The first-order valence-corrected chi connectivity index (χ1v) is 13.6. The van der Waals surface area contributed by atoms with Gasteiger partial charge in [0, 0.05) is 29.9 Å². The molecular formula is C26H25N3O4S2. The number of fused-ring (bicyclic) bond motifs is 1. The molecule has 0 saturated carbocycles. The van der Waals surface area contributed by atoms with E-state index in [1.807, 2.05) is 62.4 Å². The summed E-state index contributed by atoms with van der Waals surface area (Å²) in [5.41, 5.74) is 2.97. The third kappa shape index (κ3) is 4.99. The third-order valence-corrected chi connectivity index (χ3v) is 8.76. The first kappa shape index (κ1) is 23.6. The van der Waals surface area contributed by atoms with Gasteiger partial charge in [-0.05, 0) is 74.5 Å². The van der Waals surface area contributed by atoms with E-state index in [0.29, 0.717) is 24.3 Å². The van der Waals surface area contributed by atoms with E-state index in [2.05, 4.69) is 10.3 Å². The number of morpholine rings is 1. The predicted molar refractivity (Wildman–Crippen MR) is 138 cm³/mol. The molecule has 0 spiro atoms. The normalized spacial score (nSPS) is 19.0. The summed E-state index contributed by atoms with van der Waals surface area (Å²) in [6.45, 7) is 4.33. The monoisotopic (exact) mass is 507 g/mol. The van der Waals surface area contributed by atoms with Gasteiger partial charge in [0.05, 0.1) is 27.3 Å². The molecule has 2 atom stereocenters. The van der Waals surface area contributed by atoms with Gasteiger partial charge in [0.25, 0.3) is 5.91 Å². The molecule has 1 N–H and O–H groups in total. The first-order valence-electron chi connectivity index (χ1n) is 11.3. The number of anilines is 1. The summed E-state index contributed by atoms with van der Waals surface area (Å²) in [7, 11) is -3.65. The number of benzene rings is 3. The molecule has 0 unspecified atom stereocenters. The Labute approximate surface area is 208 Å². The lowest BCUT2D eigenvalue weighted by Crippen LogP contribution is -2.48. The summed E-state index contributed by atoms with van der Waals surface area (Å²) in [4.78, 5) is 17.6. The van der Waals surface area contributed by atoms with Gasteiger partial charge in [0.1, 0.15) is 5.01 Å². The van der Waals surface area contributed by atoms with Gasteiger partial charge in [-0.1, -0.05) is 12.1 Å². The van der Waals surface area contributed by atoms with E-state index in [0.717, 1.165) is 20.8 Å². The molecule has 1 aromatic heterocycles. The van der Waals surface area contributed by atoms with Crippen LogP contribution in [-0.2, 0) is 14.8 Å². The molecule has 0 radical (unpaired) electrons. The highest BCUT2D eigenvalue weighted by Crippen LogP contribution is 2.30. The summed E-state index contributed by atoms with van der Waals surface area (Å²) in [6.07, 6.45) is -0.334. The van der Waals surface area contributed by atoms with E-state index >= 15 is 0 Å². The van der Waals surface area contributed by atoms with Crippen LogP contribution < -0.4 is 5.32 Å². The zero-order valence-corrected chi connectivity index (χ0v) is 21.0. The Morgan fingerprint density at radius 1 is 0.971 bits per heavy atom. The quantitative estimate of drug-likeness (QED) is 0.410. The standard InChI is InChI=1S/C26H25N3O4S2/c1-17-15-29(16-18(2)33-17)35(31,32)22-13-9-19(10-14-22)25(30)27-21-11-7-20(8-12-21)26-28-23-5-3-4-6-24(23)34-26/h3-14,17-18H,15-16H2,1-2H3,(H,27,30)/t17-,18-/m0/s1. The van der Waals surface area contributed by atoms with Gasteiger partial charge in [-0.15, -0.1) is 11.3 Å². The Hall–Kier alpha value is -3.11. The highest BCUT2D eigenvalue weighted by molar-refractivity contribution is 7.89. The lowest BCUT2D eigenvalue weighted by Gasteiger charge is -2.34. The number of carbonyl (C=O) groups is 1. The number of aromatic nitrogens is 1. The summed E-state index contributed by atoms with van der Waals surface area (Å²) in [6, 6.07) is 21.5. The van der Waals surface area contributed by atoms with Gasteiger partial charge in [-0.2, -0.15) is 4.31 Å². The fourth-order valence-electron chi connectivity index (χ4n) is 4.15. The number of ether oxygens (including phenoxy) is 1. The van der Waals surface area contributed by atoms with E-state index in [1.54, 1.807) is 11.3 Å². The minimum atomic E-state index is -3.65. The fraction of sp³-hybridized carbons (Fsp3) is 0.231. The number of hydrogen-bond donors (Lipinski definition) is 1. The maximum Gasteiger partial charge on any atom is 0.255 e. The van der Waals surface area contributed by atoms with Crippen molar-refractivity contribution in [2.24, 2.45) is 0 Å². The molecule has 1 fully saturated rings. The Morgan fingerprint density at radius 2 is 1.63 bits per heavy atom. The predicted octanol–water partition coefficient (Wildman–Crippen LogP) is 5.01. The number of rotatable bonds is 5. The van der Waals surface area contributed by atoms with Crippen molar-refractivity contribution in [3.63, 3.8) is 0 Å². The second-order valence-corrected chi connectivity index (χ2v) is 11.6. The van der Waals surface area contributed by atoms with Crippen LogP contribution in [0.5, 0.6) is 0 Å². The summed E-state index contributed by atoms with van der Waals surface area (Å²) >= 11 is 1.62. The molecule has 1 aliphatic rings. The lowest BCUT2D eigenvalue weighted by molar-refractivity contribution is -0.0440. The van der Waals surface area contributed by atoms with E-state index in [9.17, 15) is 13.2 Å². The Morgan fingerprint density at radius 3 is 2.29 bits per heavy atom. The molecule has 1 saturated heterocycles. The number of sulfonamides is 1. The summed E-state index contributed by atoms with van der Waals surface area (Å²) in [5.74, 6) is -0.310. The molecule has 1 amide bonds. The van der Waals surface area contributed by atoms with E-state index in [4.69, 9.17) is 4.74 Å². The molecule has 0 bridgehead atoms. The van der Waals surface area contributed by atoms with Crippen LogP contribution in [0.15, 0.2) is 77.7 Å². The number of nitrogens with zero attached hydrogens (tertiary/aromatic N) is 2. The molecule has 180 valence electrons. The van der Waals surface area contributed by atoms with Crippen molar-refractivity contribution in [2.45, 2.75) is 31.0 Å². The summed E-state index contributed by atoms with van der Waals surface area (Å²) < 4.78 is 34.2. The van der Waals surface area contributed by atoms with Gasteiger partial charge in [0.2, 0.25) is 10.0 Å². The fourth-order valence-corrected chi connectivity index (χ4v) is 6.71. The van der Waals surface area contributed by atoms with Gasteiger partial charge >= 0.3 is 0 Å². The molecule has 3 aromatic carbocycles. The maximum atomic E-state index is 13.0. The van der Waals surface area contributed by atoms with Crippen molar-refractivity contribution in [2.75, 3.05) is 18.4 Å². The van der Waals surface area contributed by atoms with Crippen molar-refractivity contribution >= 4 is 43.2 Å². The Bertz CT molecular complexity index is 1420. The first-order chi connectivity index (χ1) is 16.8. The van der Waals surface area contributed by atoms with Crippen molar-refractivity contribution < 1.29 is 17.9 Å². The van der Waals surface area contributed by atoms with E-state index in [1.165, 1.54) is 28.6 Å². The van der Waals surface area contributed by atoms with Crippen LogP contribution in [0, 0.1) is 0 Å². The van der Waals surface area contributed by atoms with E-state index in [-0.39, 0.29) is 23.0 Å². The smallest absolute Gasteiger partial charge is 0.255 e. The topological polar surface area (TPSA) is 88.6 Å². The molecular weight excluding hydrogens is 482 g/mol. The van der Waals surface area contributed by atoms with Crippen molar-refractivity contribution in [1.29, 1.82) is 0 Å². The number of para-hydroxylation sites is 1. The zero-order chi connectivity index (χ0) is 24.6. The average Bonchev–Trinajstić information content (AvgIpc) is 3.28. The van der Waals surface area contributed by atoms with Gasteiger partial charge in [0.15, 0.2) is 0 Å². The van der Waals surface area contributed by atoms with Crippen LogP contribution in [-0.4, -0.2) is 48.9 Å². The van der Waals surface area contributed by atoms with Crippen LogP contribution in [0.2, 0.25) is 0 Å². The van der Waals surface area contributed by atoms with Crippen molar-refractivity contribution in [3.8, 4) is 10.6 Å². The number of thiazole rings is 1. The van der Waals surface area contributed by atoms with Crippen molar-refractivity contribution in [1.82, 2.24) is 9.29 Å². The highest BCUT2D eigenvalue weighted by atomic mass is 32.2. The van der Waals surface area contributed by atoms with Crippen molar-refractivity contribution in [3.05, 3.63) is 78.4 Å². The molecule has 35 heavy (non-hydrogen) atoms. The van der Waals surface area contributed by atoms with Gasteiger partial charge in [-0.25, -0.2) is 13.4 Å². The summed E-state index contributed by atoms with van der Waals surface area (Å²) in [5, 5.41) is 3.79. The average molecular weight is 508 g/mol. The van der Waals surface area contributed by atoms with Gasteiger partial charge < -0.3 is 10.1 Å². The van der Waals surface area contributed by atoms with Gasteiger partial charge in [-0.3, -0.25) is 4.79 Å². The highest BCUT2D eigenvalue weighted by Gasteiger charge is 2.32. The molecule has 0 aliphatic carbocycles. The van der Waals surface area contributed by atoms with Crippen LogP contribution in [0.3, 0.4) is 0 Å². The minimum Gasteiger partial charge on any atom is -0.373 e. The maximum absolute atomic E-state index is 13.0. The largest absolute Gasteiger partial charge is 0.373 e. The van der Waals surface area contributed by atoms with Crippen LogP contribution in [0.4, 0.5) is 5.69 Å². The lowest BCUT2D eigenvalue weighted by atomic mass is 10.2. The number of nitrogens with one attached hydrogen (secondary N) is 1. The van der Waals surface area contributed by atoms with Crippen LogP contribution in [0.1, 0.15) is 24.2 Å². The SMILES string of the molecule is C[C@H]1CN(S(=O)(=O)c2ccc(C(=O)Nc3ccc(-c4nc5ccccc5s4)cc3)cc2)C[C@H](C)O1. The Balaban J connectivity index is 1.27. The second kappa shape index (κ2) is 9.50.